The molecule has 1 unspecified atom stereocenters. The van der Waals surface area contributed by atoms with Crippen LogP contribution in [-0.4, -0.2) is 20.8 Å². The van der Waals surface area contributed by atoms with Gasteiger partial charge in [-0.3, -0.25) is 15.0 Å². The Kier molecular flexibility index (Phi) is 4.15. The summed E-state index contributed by atoms with van der Waals surface area (Å²) in [7, 11) is 0. The van der Waals surface area contributed by atoms with Crippen LogP contribution in [-0.2, 0) is 5.54 Å². The highest BCUT2D eigenvalue weighted by Gasteiger charge is 2.44. The Balaban J connectivity index is 1.63. The number of hydrogen-bond acceptors (Lipinski definition) is 5. The van der Waals surface area contributed by atoms with Crippen molar-refractivity contribution in [3.63, 3.8) is 0 Å². The lowest BCUT2D eigenvalue weighted by Gasteiger charge is -2.30. The minimum absolute atomic E-state index is 0.202. The second-order valence-electron chi connectivity index (χ2n) is 8.28. The van der Waals surface area contributed by atoms with E-state index in [1.165, 1.54) is 6.07 Å². The molecule has 5 nitrogen and oxygen atoms in total. The fourth-order valence-corrected chi connectivity index (χ4v) is 4.62. The molecule has 4 aromatic rings. The highest BCUT2D eigenvalue weighted by Crippen LogP contribution is 2.48. The summed E-state index contributed by atoms with van der Waals surface area (Å²) in [5.74, 6) is 0.313. The van der Waals surface area contributed by atoms with Gasteiger partial charge < -0.3 is 5.73 Å². The third-order valence-corrected chi connectivity index (χ3v) is 6.28. The number of benzene rings is 2. The molecule has 1 atom stereocenters. The van der Waals surface area contributed by atoms with Gasteiger partial charge in [0.2, 0.25) is 0 Å². The molecule has 0 radical (unpaired) electrons. The molecule has 0 saturated heterocycles. The Hall–Kier alpha value is -3.93. The van der Waals surface area contributed by atoms with Crippen molar-refractivity contribution in [3.8, 4) is 11.3 Å². The molecule has 2 N–H and O–H groups in total. The summed E-state index contributed by atoms with van der Waals surface area (Å²) in [6.07, 6.45) is 9.14. The van der Waals surface area contributed by atoms with E-state index in [2.05, 4.69) is 21.0 Å². The number of pyridine rings is 1. The van der Waals surface area contributed by atoms with E-state index < -0.39 is 5.54 Å². The summed E-state index contributed by atoms with van der Waals surface area (Å²) in [4.78, 5) is 18.2. The number of amidine groups is 1. The number of rotatable bonds is 4. The van der Waals surface area contributed by atoms with Crippen molar-refractivity contribution < 1.29 is 4.39 Å². The first kappa shape index (κ1) is 18.8. The maximum Gasteiger partial charge on any atom is 0.139 e. The molecule has 2 aromatic heterocycles. The zero-order valence-corrected chi connectivity index (χ0v) is 17.2. The molecule has 1 aliphatic heterocycles. The van der Waals surface area contributed by atoms with Gasteiger partial charge in [-0.05, 0) is 48.2 Å². The average Bonchev–Trinajstić information content (AvgIpc) is 3.64. The molecule has 0 spiro atoms. The monoisotopic (exact) mass is 421 g/mol. The van der Waals surface area contributed by atoms with E-state index >= 15 is 0 Å². The summed E-state index contributed by atoms with van der Waals surface area (Å²) in [6, 6.07) is 17.1. The maximum absolute atomic E-state index is 14.9. The zero-order chi connectivity index (χ0) is 21.7. The first-order valence-corrected chi connectivity index (χ1v) is 10.6. The van der Waals surface area contributed by atoms with Gasteiger partial charge in [-0.25, -0.2) is 9.38 Å². The van der Waals surface area contributed by atoms with Gasteiger partial charge in [0.05, 0.1) is 17.5 Å². The largest absolute Gasteiger partial charge is 0.383 e. The van der Waals surface area contributed by atoms with E-state index in [1.54, 1.807) is 24.7 Å². The molecule has 2 aliphatic rings. The lowest BCUT2D eigenvalue weighted by atomic mass is 9.77. The van der Waals surface area contributed by atoms with Crippen molar-refractivity contribution in [1.29, 1.82) is 0 Å². The number of aliphatic imine (C=N–C) groups is 1. The van der Waals surface area contributed by atoms with Crippen molar-refractivity contribution in [2.45, 2.75) is 24.3 Å². The van der Waals surface area contributed by atoms with Gasteiger partial charge >= 0.3 is 0 Å². The summed E-state index contributed by atoms with van der Waals surface area (Å²) < 4.78 is 14.9. The van der Waals surface area contributed by atoms with Crippen molar-refractivity contribution in [3.05, 3.63) is 113 Å². The maximum atomic E-state index is 14.9. The van der Waals surface area contributed by atoms with Gasteiger partial charge in [0.15, 0.2) is 0 Å². The van der Waals surface area contributed by atoms with Crippen LogP contribution in [0.1, 0.15) is 46.7 Å². The number of hydrogen-bond donors (Lipinski definition) is 1. The molecule has 2 aromatic carbocycles. The third kappa shape index (κ3) is 2.83. The Morgan fingerprint density at radius 2 is 1.75 bits per heavy atom. The fourth-order valence-electron chi connectivity index (χ4n) is 4.62. The Morgan fingerprint density at radius 3 is 2.56 bits per heavy atom. The van der Waals surface area contributed by atoms with Crippen molar-refractivity contribution in [2.24, 2.45) is 10.7 Å². The second kappa shape index (κ2) is 7.05. The highest BCUT2D eigenvalue weighted by atomic mass is 19.1. The fraction of sp³-hybridized carbons (Fsp3) is 0.154. The summed E-state index contributed by atoms with van der Waals surface area (Å²) >= 11 is 0. The van der Waals surface area contributed by atoms with Crippen molar-refractivity contribution in [2.75, 3.05) is 0 Å². The molecule has 6 rings (SSSR count). The quantitative estimate of drug-likeness (QED) is 0.524. The molecule has 1 saturated carbocycles. The van der Waals surface area contributed by atoms with E-state index in [4.69, 9.17) is 10.7 Å². The van der Waals surface area contributed by atoms with Gasteiger partial charge in [0, 0.05) is 41.3 Å². The predicted molar refractivity (Wildman–Crippen MR) is 121 cm³/mol. The van der Waals surface area contributed by atoms with Gasteiger partial charge in [-0.2, -0.15) is 0 Å². The molecule has 0 amide bonds. The smallest absolute Gasteiger partial charge is 0.139 e. The van der Waals surface area contributed by atoms with E-state index in [0.29, 0.717) is 11.5 Å². The van der Waals surface area contributed by atoms with E-state index in [1.807, 2.05) is 42.6 Å². The standard InChI is InChI=1S/C26H20FN5/c27-21-6-2-5-20-24(21)25(28)32-26(20,19-9-10-30-22(14-19)16-7-8-16)18-4-1-3-17(13-18)23-15-29-11-12-31-23/h1-6,9-16H,7-8H2,(H2,28,32). The van der Waals surface area contributed by atoms with Crippen LogP contribution in [0.5, 0.6) is 0 Å². The number of aromatic nitrogens is 3. The van der Waals surface area contributed by atoms with Crippen LogP contribution in [0.3, 0.4) is 0 Å². The Bertz CT molecular complexity index is 1360. The molecular weight excluding hydrogens is 401 g/mol. The average molecular weight is 421 g/mol. The molecule has 32 heavy (non-hydrogen) atoms. The van der Waals surface area contributed by atoms with Crippen molar-refractivity contribution in [1.82, 2.24) is 15.0 Å². The van der Waals surface area contributed by atoms with E-state index in [9.17, 15) is 4.39 Å². The normalized spacial score (nSPS) is 19.5. The lowest BCUT2D eigenvalue weighted by molar-refractivity contribution is 0.615. The minimum Gasteiger partial charge on any atom is -0.383 e. The topological polar surface area (TPSA) is 77.0 Å². The number of halogens is 1. The molecule has 0 bridgehead atoms. The third-order valence-electron chi connectivity index (χ3n) is 6.28. The molecule has 156 valence electrons. The summed E-state index contributed by atoms with van der Waals surface area (Å²) in [5.41, 5.74) is 11.0. The Labute approximate surface area is 184 Å². The van der Waals surface area contributed by atoms with E-state index in [-0.39, 0.29) is 11.7 Å². The van der Waals surface area contributed by atoms with Gasteiger partial charge in [0.1, 0.15) is 17.2 Å². The lowest BCUT2D eigenvalue weighted by Crippen LogP contribution is -2.26. The predicted octanol–water partition coefficient (Wildman–Crippen LogP) is 4.57. The first-order valence-electron chi connectivity index (χ1n) is 10.6. The first-order chi connectivity index (χ1) is 15.7. The molecule has 6 heteroatoms. The summed E-state index contributed by atoms with van der Waals surface area (Å²) in [5, 5.41) is 0. The number of nitrogens with two attached hydrogens (primary N) is 1. The van der Waals surface area contributed by atoms with E-state index in [0.717, 1.165) is 46.5 Å². The van der Waals surface area contributed by atoms with Gasteiger partial charge in [-0.15, -0.1) is 0 Å². The van der Waals surface area contributed by atoms with Crippen LogP contribution in [0.4, 0.5) is 4.39 Å². The zero-order valence-electron chi connectivity index (χ0n) is 17.2. The minimum atomic E-state index is -0.966. The molecule has 1 fully saturated rings. The van der Waals surface area contributed by atoms with Gasteiger partial charge in [0.25, 0.3) is 0 Å². The summed E-state index contributed by atoms with van der Waals surface area (Å²) in [6.45, 7) is 0. The number of nitrogens with zero attached hydrogens (tertiary/aromatic N) is 4. The van der Waals surface area contributed by atoms with Crippen LogP contribution < -0.4 is 5.73 Å². The number of fused-ring (bicyclic) bond motifs is 1. The van der Waals surface area contributed by atoms with Gasteiger partial charge in [-0.1, -0.05) is 30.3 Å². The van der Waals surface area contributed by atoms with Crippen LogP contribution >= 0.6 is 0 Å². The van der Waals surface area contributed by atoms with Crippen LogP contribution in [0.2, 0.25) is 0 Å². The molecular formula is C26H20FN5. The Morgan fingerprint density at radius 1 is 0.906 bits per heavy atom. The van der Waals surface area contributed by atoms with Crippen molar-refractivity contribution >= 4 is 5.84 Å². The highest BCUT2D eigenvalue weighted by molar-refractivity contribution is 6.03. The van der Waals surface area contributed by atoms with Crippen LogP contribution in [0, 0.1) is 5.82 Å². The van der Waals surface area contributed by atoms with Crippen LogP contribution in [0.25, 0.3) is 11.3 Å². The second-order valence-corrected chi connectivity index (χ2v) is 8.28. The van der Waals surface area contributed by atoms with Crippen LogP contribution in [0.15, 0.2) is 84.4 Å². The molecule has 1 aliphatic carbocycles. The molecule has 3 heterocycles. The SMILES string of the molecule is NC1=NC(c2cccc(-c3cnccn3)c2)(c2ccnc(C3CC3)c2)c2cccc(F)c21.